The summed E-state index contributed by atoms with van der Waals surface area (Å²) in [5.74, 6) is 0.618. The molecule has 0 aliphatic rings. The van der Waals surface area contributed by atoms with Crippen LogP contribution in [-0.2, 0) is 0 Å². The van der Waals surface area contributed by atoms with Crippen LogP contribution in [0, 0.1) is 0 Å². The number of aromatic nitrogens is 4. The Balaban J connectivity index is 2.18. The monoisotopic (exact) mass is 240 g/mol. The van der Waals surface area contributed by atoms with Crippen molar-refractivity contribution in [2.24, 2.45) is 0 Å². The highest BCUT2D eigenvalue weighted by molar-refractivity contribution is 5.87. The summed E-state index contributed by atoms with van der Waals surface area (Å²) < 4.78 is 5.52. The van der Waals surface area contributed by atoms with Crippen molar-refractivity contribution in [3.05, 3.63) is 36.9 Å². The zero-order valence-electron chi connectivity index (χ0n) is 9.92. The van der Waals surface area contributed by atoms with Gasteiger partial charge in [-0.1, -0.05) is 6.07 Å². The number of hydrogen-bond donors (Lipinski definition) is 1. The second-order valence-corrected chi connectivity index (χ2v) is 3.83. The largest absolute Gasteiger partial charge is 0.477 e. The Bertz CT molecular complexity index is 664. The minimum Gasteiger partial charge on any atom is -0.477 e. The van der Waals surface area contributed by atoms with Gasteiger partial charge in [-0.2, -0.15) is 5.10 Å². The summed E-state index contributed by atoms with van der Waals surface area (Å²) in [5, 5.41) is 7.67. The second-order valence-electron chi connectivity index (χ2n) is 3.83. The summed E-state index contributed by atoms with van der Waals surface area (Å²) in [6.45, 7) is 2.52. The molecule has 0 aliphatic carbocycles. The first-order valence-corrected chi connectivity index (χ1v) is 5.75. The van der Waals surface area contributed by atoms with E-state index >= 15 is 0 Å². The minimum atomic E-state index is 0.585. The second kappa shape index (κ2) is 4.44. The SMILES string of the molecule is CCOc1ncnc2ccc(-c3cn[nH]c3)cc12. The summed E-state index contributed by atoms with van der Waals surface area (Å²) in [6, 6.07) is 5.99. The van der Waals surface area contributed by atoms with E-state index in [9.17, 15) is 0 Å². The molecule has 0 amide bonds. The van der Waals surface area contributed by atoms with Crippen LogP contribution in [-0.4, -0.2) is 26.8 Å². The van der Waals surface area contributed by atoms with Crippen molar-refractivity contribution in [2.45, 2.75) is 6.92 Å². The quantitative estimate of drug-likeness (QED) is 0.763. The summed E-state index contributed by atoms with van der Waals surface area (Å²) in [4.78, 5) is 8.39. The normalized spacial score (nSPS) is 10.7. The smallest absolute Gasteiger partial charge is 0.224 e. The molecule has 0 spiro atoms. The molecule has 3 rings (SSSR count). The Hall–Kier alpha value is -2.43. The molecule has 0 atom stereocenters. The average Bonchev–Trinajstić information content (AvgIpc) is 2.93. The van der Waals surface area contributed by atoms with Gasteiger partial charge in [0.15, 0.2) is 0 Å². The maximum atomic E-state index is 5.52. The van der Waals surface area contributed by atoms with Crippen LogP contribution in [0.3, 0.4) is 0 Å². The van der Waals surface area contributed by atoms with Gasteiger partial charge in [0, 0.05) is 11.8 Å². The van der Waals surface area contributed by atoms with Crippen molar-refractivity contribution in [1.82, 2.24) is 20.2 Å². The number of nitrogens with zero attached hydrogens (tertiary/aromatic N) is 3. The van der Waals surface area contributed by atoms with Crippen molar-refractivity contribution in [3.8, 4) is 17.0 Å². The van der Waals surface area contributed by atoms with E-state index in [4.69, 9.17) is 4.74 Å². The van der Waals surface area contributed by atoms with Crippen LogP contribution in [0.1, 0.15) is 6.92 Å². The lowest BCUT2D eigenvalue weighted by Crippen LogP contribution is -1.96. The fourth-order valence-electron chi connectivity index (χ4n) is 1.87. The fraction of sp³-hybridized carbons (Fsp3) is 0.154. The molecule has 5 heteroatoms. The third kappa shape index (κ3) is 1.79. The van der Waals surface area contributed by atoms with E-state index in [0.29, 0.717) is 12.5 Å². The lowest BCUT2D eigenvalue weighted by molar-refractivity contribution is 0.331. The van der Waals surface area contributed by atoms with E-state index in [1.54, 1.807) is 6.20 Å². The zero-order chi connectivity index (χ0) is 12.4. The highest BCUT2D eigenvalue weighted by atomic mass is 16.5. The summed E-state index contributed by atoms with van der Waals surface area (Å²) in [5.41, 5.74) is 2.97. The molecule has 0 aliphatic heterocycles. The van der Waals surface area contributed by atoms with E-state index < -0.39 is 0 Å². The Labute approximate surface area is 104 Å². The summed E-state index contributed by atoms with van der Waals surface area (Å²) in [6.07, 6.45) is 5.15. The molecule has 0 radical (unpaired) electrons. The first-order valence-electron chi connectivity index (χ1n) is 5.75. The number of rotatable bonds is 3. The van der Waals surface area contributed by atoms with E-state index in [1.165, 1.54) is 6.33 Å². The number of fused-ring (bicyclic) bond motifs is 1. The molecule has 18 heavy (non-hydrogen) atoms. The molecule has 0 saturated heterocycles. The van der Waals surface area contributed by atoms with Crippen LogP contribution in [0.5, 0.6) is 5.88 Å². The number of hydrogen-bond acceptors (Lipinski definition) is 4. The molecule has 90 valence electrons. The molecule has 2 heterocycles. The molecule has 5 nitrogen and oxygen atoms in total. The van der Waals surface area contributed by atoms with Gasteiger partial charge in [0.05, 0.1) is 23.7 Å². The first-order chi connectivity index (χ1) is 8.88. The third-order valence-electron chi connectivity index (χ3n) is 2.71. The third-order valence-corrected chi connectivity index (χ3v) is 2.71. The molecule has 1 aromatic carbocycles. The van der Waals surface area contributed by atoms with E-state index in [2.05, 4.69) is 20.2 Å². The number of ether oxygens (including phenoxy) is 1. The molecular formula is C13H12N4O. The minimum absolute atomic E-state index is 0.585. The Morgan fingerprint density at radius 2 is 2.17 bits per heavy atom. The van der Waals surface area contributed by atoms with Crippen molar-refractivity contribution in [1.29, 1.82) is 0 Å². The zero-order valence-corrected chi connectivity index (χ0v) is 9.92. The summed E-state index contributed by atoms with van der Waals surface area (Å²) in [7, 11) is 0. The molecular weight excluding hydrogens is 228 g/mol. The number of aromatic amines is 1. The molecule has 0 saturated carbocycles. The Kier molecular flexibility index (Phi) is 2.64. The molecule has 3 aromatic rings. The number of nitrogens with one attached hydrogen (secondary N) is 1. The van der Waals surface area contributed by atoms with E-state index in [1.807, 2.05) is 31.3 Å². The molecule has 0 unspecified atom stereocenters. The fourth-order valence-corrected chi connectivity index (χ4v) is 1.87. The number of H-pyrrole nitrogens is 1. The Morgan fingerprint density at radius 3 is 2.94 bits per heavy atom. The van der Waals surface area contributed by atoms with Gasteiger partial charge in [0.25, 0.3) is 0 Å². The number of benzene rings is 1. The summed E-state index contributed by atoms with van der Waals surface area (Å²) >= 11 is 0. The van der Waals surface area contributed by atoms with Gasteiger partial charge in [0.1, 0.15) is 6.33 Å². The van der Waals surface area contributed by atoms with Crippen molar-refractivity contribution in [3.63, 3.8) is 0 Å². The van der Waals surface area contributed by atoms with Crippen LogP contribution in [0.4, 0.5) is 0 Å². The van der Waals surface area contributed by atoms with Gasteiger partial charge < -0.3 is 4.74 Å². The van der Waals surface area contributed by atoms with Crippen LogP contribution in [0.15, 0.2) is 36.9 Å². The standard InChI is InChI=1S/C13H12N4O/c1-2-18-13-11-5-9(10-6-16-17-7-10)3-4-12(11)14-8-15-13/h3-8H,2H2,1H3,(H,16,17). The highest BCUT2D eigenvalue weighted by Gasteiger charge is 2.07. The maximum Gasteiger partial charge on any atom is 0.224 e. The predicted octanol–water partition coefficient (Wildman–Crippen LogP) is 2.42. The van der Waals surface area contributed by atoms with Crippen LogP contribution in [0.25, 0.3) is 22.0 Å². The van der Waals surface area contributed by atoms with E-state index in [0.717, 1.165) is 22.0 Å². The topological polar surface area (TPSA) is 63.7 Å². The molecule has 1 N–H and O–H groups in total. The van der Waals surface area contributed by atoms with Gasteiger partial charge >= 0.3 is 0 Å². The van der Waals surface area contributed by atoms with Gasteiger partial charge in [-0.25, -0.2) is 9.97 Å². The maximum absolute atomic E-state index is 5.52. The Morgan fingerprint density at radius 1 is 1.22 bits per heavy atom. The van der Waals surface area contributed by atoms with Gasteiger partial charge in [0.2, 0.25) is 5.88 Å². The molecule has 0 fully saturated rings. The van der Waals surface area contributed by atoms with Crippen molar-refractivity contribution < 1.29 is 4.74 Å². The van der Waals surface area contributed by atoms with Crippen molar-refractivity contribution in [2.75, 3.05) is 6.61 Å². The molecule has 0 bridgehead atoms. The van der Waals surface area contributed by atoms with Crippen LogP contribution < -0.4 is 4.74 Å². The van der Waals surface area contributed by atoms with Crippen LogP contribution >= 0.6 is 0 Å². The predicted molar refractivity (Wildman–Crippen MR) is 68.3 cm³/mol. The van der Waals surface area contributed by atoms with Gasteiger partial charge in [-0.3, -0.25) is 5.10 Å². The lowest BCUT2D eigenvalue weighted by Gasteiger charge is -2.06. The lowest BCUT2D eigenvalue weighted by atomic mass is 10.1. The van der Waals surface area contributed by atoms with Gasteiger partial charge in [-0.05, 0) is 24.6 Å². The van der Waals surface area contributed by atoms with E-state index in [-0.39, 0.29) is 0 Å². The van der Waals surface area contributed by atoms with Gasteiger partial charge in [-0.15, -0.1) is 0 Å². The highest BCUT2D eigenvalue weighted by Crippen LogP contribution is 2.27. The van der Waals surface area contributed by atoms with Crippen molar-refractivity contribution >= 4 is 10.9 Å². The first kappa shape index (κ1) is 10.7. The van der Waals surface area contributed by atoms with Crippen LogP contribution in [0.2, 0.25) is 0 Å². The molecule has 2 aromatic heterocycles. The average molecular weight is 240 g/mol.